The van der Waals surface area contributed by atoms with Crippen molar-refractivity contribution in [2.45, 2.75) is 39.7 Å². The van der Waals surface area contributed by atoms with E-state index in [0.29, 0.717) is 5.92 Å². The van der Waals surface area contributed by atoms with Gasteiger partial charge in [-0.05, 0) is 26.0 Å². The molecule has 0 radical (unpaired) electrons. The molecule has 0 aliphatic heterocycles. The van der Waals surface area contributed by atoms with Crippen LogP contribution in [0.1, 0.15) is 45.2 Å². The van der Waals surface area contributed by atoms with Gasteiger partial charge in [0.25, 0.3) is 0 Å². The Morgan fingerprint density at radius 3 is 2.42 bits per heavy atom. The van der Waals surface area contributed by atoms with Gasteiger partial charge in [-0.25, -0.2) is 0 Å². The van der Waals surface area contributed by atoms with Gasteiger partial charge >= 0.3 is 0 Å². The van der Waals surface area contributed by atoms with E-state index in [1.165, 1.54) is 5.56 Å². The summed E-state index contributed by atoms with van der Waals surface area (Å²) in [6.45, 7) is 7.32. The highest BCUT2D eigenvalue weighted by Gasteiger charge is 2.13. The summed E-state index contributed by atoms with van der Waals surface area (Å²) in [6, 6.07) is 6.30. The van der Waals surface area contributed by atoms with E-state index in [1.807, 2.05) is 19.2 Å². The van der Waals surface area contributed by atoms with E-state index in [2.05, 4.69) is 32.2 Å². The minimum Gasteiger partial charge on any atom is -0.497 e. The third kappa shape index (κ3) is 4.43. The van der Waals surface area contributed by atoms with Crippen LogP contribution in [-0.2, 0) is 0 Å². The molecule has 3 nitrogen and oxygen atoms in total. The van der Waals surface area contributed by atoms with Crippen molar-refractivity contribution in [1.82, 2.24) is 5.32 Å². The minimum atomic E-state index is 0.266. The predicted octanol–water partition coefficient (Wildman–Crippen LogP) is 3.79. The average molecular weight is 265 g/mol. The van der Waals surface area contributed by atoms with Gasteiger partial charge in [-0.1, -0.05) is 32.8 Å². The lowest BCUT2D eigenvalue weighted by molar-refractivity contribution is 0.236. The van der Waals surface area contributed by atoms with Crippen LogP contribution in [0.25, 0.3) is 0 Å². The van der Waals surface area contributed by atoms with Crippen LogP contribution in [0.2, 0.25) is 0 Å². The number of ether oxygens (including phenoxy) is 2. The van der Waals surface area contributed by atoms with Gasteiger partial charge in [0.1, 0.15) is 11.5 Å². The highest BCUT2D eigenvalue weighted by Crippen LogP contribution is 2.30. The van der Waals surface area contributed by atoms with E-state index in [-0.39, 0.29) is 6.04 Å². The largest absolute Gasteiger partial charge is 0.497 e. The van der Waals surface area contributed by atoms with Crippen molar-refractivity contribution in [3.63, 3.8) is 0 Å². The SMILES string of the molecule is CCC(CC)COc1cc(OC)ccc1C(C)NC. The summed E-state index contributed by atoms with van der Waals surface area (Å²) < 4.78 is 11.3. The molecule has 108 valence electrons. The second-order valence-corrected chi connectivity index (χ2v) is 4.91. The minimum absolute atomic E-state index is 0.266. The third-order valence-electron chi connectivity index (χ3n) is 3.75. The van der Waals surface area contributed by atoms with Gasteiger partial charge in [0.2, 0.25) is 0 Å². The quantitative estimate of drug-likeness (QED) is 0.775. The van der Waals surface area contributed by atoms with E-state index < -0.39 is 0 Å². The molecule has 19 heavy (non-hydrogen) atoms. The van der Waals surface area contributed by atoms with E-state index in [0.717, 1.165) is 30.9 Å². The Labute approximate surface area is 117 Å². The first kappa shape index (κ1) is 15.8. The molecule has 1 aromatic carbocycles. The molecule has 1 unspecified atom stereocenters. The normalized spacial score (nSPS) is 12.5. The summed E-state index contributed by atoms with van der Waals surface area (Å²) in [5, 5.41) is 3.25. The second-order valence-electron chi connectivity index (χ2n) is 4.91. The van der Waals surface area contributed by atoms with Crippen LogP contribution in [0.15, 0.2) is 18.2 Å². The lowest BCUT2D eigenvalue weighted by Gasteiger charge is -2.20. The fourth-order valence-electron chi connectivity index (χ4n) is 2.01. The molecule has 0 bridgehead atoms. The summed E-state index contributed by atoms with van der Waals surface area (Å²) in [5.41, 5.74) is 1.18. The summed E-state index contributed by atoms with van der Waals surface area (Å²) in [5.74, 6) is 2.38. The van der Waals surface area contributed by atoms with Crippen LogP contribution in [0.5, 0.6) is 11.5 Å². The molecule has 0 saturated carbocycles. The molecule has 0 amide bonds. The zero-order chi connectivity index (χ0) is 14.3. The maximum absolute atomic E-state index is 6.03. The Bertz CT molecular complexity index is 375. The first-order valence-corrected chi connectivity index (χ1v) is 7.14. The zero-order valence-corrected chi connectivity index (χ0v) is 12.8. The molecule has 3 heteroatoms. The molecule has 1 rings (SSSR count). The van der Waals surface area contributed by atoms with Crippen LogP contribution in [-0.4, -0.2) is 20.8 Å². The highest BCUT2D eigenvalue weighted by atomic mass is 16.5. The van der Waals surface area contributed by atoms with Crippen LogP contribution >= 0.6 is 0 Å². The second kappa shape index (κ2) is 8.05. The Morgan fingerprint density at radius 2 is 1.89 bits per heavy atom. The van der Waals surface area contributed by atoms with Crippen molar-refractivity contribution >= 4 is 0 Å². The molecular formula is C16H27NO2. The van der Waals surface area contributed by atoms with Crippen LogP contribution in [0.4, 0.5) is 0 Å². The molecular weight excluding hydrogens is 238 g/mol. The summed E-state index contributed by atoms with van der Waals surface area (Å²) in [4.78, 5) is 0. The molecule has 0 saturated heterocycles. The molecule has 1 N–H and O–H groups in total. The number of rotatable bonds is 8. The standard InChI is InChI=1S/C16H27NO2/c1-6-13(7-2)11-19-16-10-14(18-5)8-9-15(16)12(3)17-4/h8-10,12-13,17H,6-7,11H2,1-5H3. The van der Waals surface area contributed by atoms with Crippen molar-refractivity contribution < 1.29 is 9.47 Å². The van der Waals surface area contributed by atoms with Crippen LogP contribution in [0, 0.1) is 5.92 Å². The molecule has 0 aliphatic rings. The summed E-state index contributed by atoms with van der Waals surface area (Å²) >= 11 is 0. The Kier molecular flexibility index (Phi) is 6.71. The highest BCUT2D eigenvalue weighted by molar-refractivity contribution is 5.42. The van der Waals surface area contributed by atoms with Crippen molar-refractivity contribution in [3.8, 4) is 11.5 Å². The fourth-order valence-corrected chi connectivity index (χ4v) is 2.01. The smallest absolute Gasteiger partial charge is 0.127 e. The molecule has 0 aliphatic carbocycles. The van der Waals surface area contributed by atoms with Crippen LogP contribution < -0.4 is 14.8 Å². The number of benzene rings is 1. The lowest BCUT2D eigenvalue weighted by atomic mass is 10.0. The third-order valence-corrected chi connectivity index (χ3v) is 3.75. The Hall–Kier alpha value is -1.22. The van der Waals surface area contributed by atoms with Crippen molar-refractivity contribution in [2.75, 3.05) is 20.8 Å². The van der Waals surface area contributed by atoms with E-state index in [4.69, 9.17) is 9.47 Å². The van der Waals surface area contributed by atoms with Crippen molar-refractivity contribution in [1.29, 1.82) is 0 Å². The van der Waals surface area contributed by atoms with Gasteiger partial charge in [0.05, 0.1) is 13.7 Å². The molecule has 1 atom stereocenters. The molecule has 0 spiro atoms. The van der Waals surface area contributed by atoms with E-state index in [9.17, 15) is 0 Å². The monoisotopic (exact) mass is 265 g/mol. The molecule has 0 fully saturated rings. The summed E-state index contributed by atoms with van der Waals surface area (Å²) in [6.07, 6.45) is 2.30. The van der Waals surface area contributed by atoms with Gasteiger partial charge in [-0.3, -0.25) is 0 Å². The topological polar surface area (TPSA) is 30.5 Å². The van der Waals surface area contributed by atoms with Crippen molar-refractivity contribution in [2.24, 2.45) is 5.92 Å². The fraction of sp³-hybridized carbons (Fsp3) is 0.625. The molecule has 1 aromatic rings. The van der Waals surface area contributed by atoms with Gasteiger partial charge in [0, 0.05) is 17.7 Å². The maximum Gasteiger partial charge on any atom is 0.127 e. The van der Waals surface area contributed by atoms with E-state index in [1.54, 1.807) is 7.11 Å². The van der Waals surface area contributed by atoms with Crippen molar-refractivity contribution in [3.05, 3.63) is 23.8 Å². The van der Waals surface area contributed by atoms with Gasteiger partial charge in [-0.15, -0.1) is 0 Å². The molecule has 0 aromatic heterocycles. The van der Waals surface area contributed by atoms with E-state index >= 15 is 0 Å². The maximum atomic E-state index is 6.03. The number of hydrogen-bond donors (Lipinski definition) is 1. The number of methoxy groups -OCH3 is 1. The summed E-state index contributed by atoms with van der Waals surface area (Å²) in [7, 11) is 3.64. The first-order valence-electron chi connectivity index (χ1n) is 7.14. The zero-order valence-electron chi connectivity index (χ0n) is 12.8. The van der Waals surface area contributed by atoms with Gasteiger partial charge in [0.15, 0.2) is 0 Å². The van der Waals surface area contributed by atoms with Gasteiger partial charge in [-0.2, -0.15) is 0 Å². The van der Waals surface area contributed by atoms with Gasteiger partial charge < -0.3 is 14.8 Å². The average Bonchev–Trinajstić information content (AvgIpc) is 2.47. The lowest BCUT2D eigenvalue weighted by Crippen LogP contribution is -2.16. The predicted molar refractivity (Wildman–Crippen MR) is 80.0 cm³/mol. The first-order chi connectivity index (χ1) is 9.15. The number of hydrogen-bond acceptors (Lipinski definition) is 3. The Balaban J connectivity index is 2.88. The Morgan fingerprint density at radius 1 is 1.21 bits per heavy atom. The van der Waals surface area contributed by atoms with Crippen LogP contribution in [0.3, 0.4) is 0 Å². The molecule has 0 heterocycles. The number of nitrogens with one attached hydrogen (secondary N) is 1.